The smallest absolute Gasteiger partial charge is 0.170 e. The molecule has 0 unspecified atom stereocenters. The Labute approximate surface area is 99.6 Å². The van der Waals surface area contributed by atoms with Crippen LogP contribution >= 0.6 is 0 Å². The summed E-state index contributed by atoms with van der Waals surface area (Å²) in [5, 5.41) is 6.70. The number of rotatable bonds is 4. The second-order valence-electron chi connectivity index (χ2n) is 3.93. The Balaban J connectivity index is 2.25. The third-order valence-corrected chi connectivity index (χ3v) is 2.59. The maximum absolute atomic E-state index is 10.5. The van der Waals surface area contributed by atoms with Gasteiger partial charge in [-0.2, -0.15) is 5.10 Å². The molecular formula is C13H14N2O2. The van der Waals surface area contributed by atoms with Gasteiger partial charge in [-0.1, -0.05) is 12.1 Å². The van der Waals surface area contributed by atoms with Crippen LogP contribution in [0.25, 0.3) is 0 Å². The van der Waals surface area contributed by atoms with Crippen LogP contribution in [0.5, 0.6) is 5.75 Å². The summed E-state index contributed by atoms with van der Waals surface area (Å²) in [6, 6.07) is 7.79. The van der Waals surface area contributed by atoms with E-state index in [-0.39, 0.29) is 0 Å². The van der Waals surface area contributed by atoms with Gasteiger partial charge in [0.1, 0.15) is 11.4 Å². The first-order valence-electron chi connectivity index (χ1n) is 5.36. The zero-order chi connectivity index (χ0) is 12.3. The minimum absolute atomic E-state index is 0.422. The number of aldehydes is 1. The molecule has 1 N–H and O–H groups in total. The van der Waals surface area contributed by atoms with Gasteiger partial charge >= 0.3 is 0 Å². The average molecular weight is 230 g/mol. The van der Waals surface area contributed by atoms with Crippen molar-refractivity contribution in [3.05, 3.63) is 46.8 Å². The zero-order valence-corrected chi connectivity index (χ0v) is 9.86. The molecule has 0 aliphatic rings. The lowest BCUT2D eigenvalue weighted by molar-refractivity contribution is 0.111. The molecule has 0 aliphatic heterocycles. The zero-order valence-electron chi connectivity index (χ0n) is 9.86. The predicted molar refractivity (Wildman–Crippen MR) is 64.5 cm³/mol. The molecule has 1 aromatic carbocycles. The van der Waals surface area contributed by atoms with Gasteiger partial charge in [0, 0.05) is 17.7 Å². The number of hydrogen-bond acceptors (Lipinski definition) is 3. The van der Waals surface area contributed by atoms with Crippen molar-refractivity contribution in [1.82, 2.24) is 10.2 Å². The summed E-state index contributed by atoms with van der Waals surface area (Å²) in [6.07, 6.45) is 1.40. The van der Waals surface area contributed by atoms with E-state index in [9.17, 15) is 4.79 Å². The lowest BCUT2D eigenvalue weighted by Gasteiger charge is -2.08. The molecule has 4 nitrogen and oxygen atoms in total. The predicted octanol–water partition coefficient (Wildman–Crippen LogP) is 2.13. The van der Waals surface area contributed by atoms with Crippen molar-refractivity contribution in [1.29, 1.82) is 0 Å². The lowest BCUT2D eigenvalue weighted by atomic mass is 10.1. The van der Waals surface area contributed by atoms with Crippen LogP contribution in [-0.4, -0.2) is 23.6 Å². The molecule has 88 valence electrons. The Bertz CT molecular complexity index is 532. The number of carbonyl (C=O) groups excluding carboxylic acids is 1. The number of carbonyl (C=O) groups is 1. The number of aromatic nitrogens is 2. The van der Waals surface area contributed by atoms with Crippen molar-refractivity contribution in [2.24, 2.45) is 0 Å². The van der Waals surface area contributed by atoms with Gasteiger partial charge < -0.3 is 4.74 Å². The van der Waals surface area contributed by atoms with E-state index >= 15 is 0 Å². The number of benzene rings is 1. The summed E-state index contributed by atoms with van der Waals surface area (Å²) in [5.41, 5.74) is 3.54. The molecule has 0 bridgehead atoms. The van der Waals surface area contributed by atoms with Gasteiger partial charge in [0.25, 0.3) is 0 Å². The minimum Gasteiger partial charge on any atom is -0.496 e. The monoisotopic (exact) mass is 230 g/mol. The van der Waals surface area contributed by atoms with Crippen molar-refractivity contribution in [3.63, 3.8) is 0 Å². The Morgan fingerprint density at radius 1 is 1.41 bits per heavy atom. The van der Waals surface area contributed by atoms with Gasteiger partial charge in [-0.3, -0.25) is 9.89 Å². The van der Waals surface area contributed by atoms with Gasteiger partial charge in [-0.05, 0) is 24.6 Å². The second-order valence-corrected chi connectivity index (χ2v) is 3.93. The fourth-order valence-electron chi connectivity index (χ4n) is 1.73. The molecule has 0 aliphatic carbocycles. The molecule has 0 amide bonds. The Kier molecular flexibility index (Phi) is 3.23. The number of hydrogen-bond donors (Lipinski definition) is 1. The van der Waals surface area contributed by atoms with E-state index in [4.69, 9.17) is 4.74 Å². The van der Waals surface area contributed by atoms with Crippen molar-refractivity contribution in [2.75, 3.05) is 7.11 Å². The van der Waals surface area contributed by atoms with Crippen molar-refractivity contribution >= 4 is 6.29 Å². The first kappa shape index (κ1) is 11.4. The van der Waals surface area contributed by atoms with Gasteiger partial charge in [0.2, 0.25) is 0 Å². The third kappa shape index (κ3) is 2.53. The summed E-state index contributed by atoms with van der Waals surface area (Å²) in [5.74, 6) is 0.854. The molecular weight excluding hydrogens is 216 g/mol. The van der Waals surface area contributed by atoms with Crippen LogP contribution < -0.4 is 4.74 Å². The topological polar surface area (TPSA) is 55.0 Å². The molecule has 2 aromatic rings. The summed E-state index contributed by atoms with van der Waals surface area (Å²) < 4.78 is 5.33. The van der Waals surface area contributed by atoms with Gasteiger partial charge in [-0.25, -0.2) is 0 Å². The highest BCUT2D eigenvalue weighted by molar-refractivity contribution is 5.71. The fourth-order valence-corrected chi connectivity index (χ4v) is 1.73. The van der Waals surface area contributed by atoms with Crippen LogP contribution in [-0.2, 0) is 6.42 Å². The van der Waals surface area contributed by atoms with Gasteiger partial charge in [0.15, 0.2) is 6.29 Å². The molecule has 0 saturated carbocycles. The Hall–Kier alpha value is -2.10. The van der Waals surface area contributed by atoms with Crippen molar-refractivity contribution in [2.45, 2.75) is 13.3 Å². The molecule has 0 radical (unpaired) electrons. The summed E-state index contributed by atoms with van der Waals surface area (Å²) in [6.45, 7) is 2.02. The minimum atomic E-state index is 0.422. The molecule has 17 heavy (non-hydrogen) atoms. The van der Waals surface area contributed by atoms with E-state index in [2.05, 4.69) is 10.2 Å². The summed E-state index contributed by atoms with van der Waals surface area (Å²) in [4.78, 5) is 10.5. The van der Waals surface area contributed by atoms with E-state index < -0.39 is 0 Å². The fraction of sp³-hybridized carbons (Fsp3) is 0.231. The molecule has 0 saturated heterocycles. The third-order valence-electron chi connectivity index (χ3n) is 2.59. The highest BCUT2D eigenvalue weighted by atomic mass is 16.5. The number of ether oxygens (including phenoxy) is 1. The molecule has 1 aromatic heterocycles. The number of nitrogens with one attached hydrogen (secondary N) is 1. The van der Waals surface area contributed by atoms with Crippen LogP contribution in [0.2, 0.25) is 0 Å². The molecule has 0 spiro atoms. The van der Waals surface area contributed by atoms with E-state index in [1.807, 2.05) is 25.1 Å². The van der Waals surface area contributed by atoms with Crippen LogP contribution in [0.3, 0.4) is 0 Å². The SMILES string of the molecule is COc1cc(C)ccc1Cc1cc(C=O)n[nH]1. The summed E-state index contributed by atoms with van der Waals surface area (Å²) >= 11 is 0. The number of methoxy groups -OCH3 is 1. The van der Waals surface area contributed by atoms with Crippen molar-refractivity contribution < 1.29 is 9.53 Å². The second kappa shape index (κ2) is 4.82. The Morgan fingerprint density at radius 3 is 2.88 bits per heavy atom. The maximum Gasteiger partial charge on any atom is 0.170 e. The van der Waals surface area contributed by atoms with Gasteiger partial charge in [0.05, 0.1) is 7.11 Å². The highest BCUT2D eigenvalue weighted by Crippen LogP contribution is 2.22. The largest absolute Gasteiger partial charge is 0.496 e. The molecule has 4 heteroatoms. The molecule has 1 heterocycles. The maximum atomic E-state index is 10.5. The van der Waals surface area contributed by atoms with E-state index in [0.717, 1.165) is 28.9 Å². The van der Waals surface area contributed by atoms with E-state index in [1.54, 1.807) is 13.2 Å². The first-order chi connectivity index (χ1) is 8.22. The van der Waals surface area contributed by atoms with Crippen LogP contribution in [0.1, 0.15) is 27.3 Å². The molecule has 0 fully saturated rings. The van der Waals surface area contributed by atoms with Crippen LogP contribution in [0.4, 0.5) is 0 Å². The number of aromatic amines is 1. The normalized spacial score (nSPS) is 10.2. The van der Waals surface area contributed by atoms with Crippen molar-refractivity contribution in [3.8, 4) is 5.75 Å². The van der Waals surface area contributed by atoms with Gasteiger partial charge in [-0.15, -0.1) is 0 Å². The number of nitrogens with zero attached hydrogens (tertiary/aromatic N) is 1. The van der Waals surface area contributed by atoms with Crippen LogP contribution in [0.15, 0.2) is 24.3 Å². The van der Waals surface area contributed by atoms with E-state index in [0.29, 0.717) is 12.1 Å². The lowest BCUT2D eigenvalue weighted by Crippen LogP contribution is -1.94. The Morgan fingerprint density at radius 2 is 2.24 bits per heavy atom. The number of aryl methyl sites for hydroxylation is 1. The molecule has 2 rings (SSSR count). The summed E-state index contributed by atoms with van der Waals surface area (Å²) in [7, 11) is 1.65. The average Bonchev–Trinajstić information content (AvgIpc) is 2.79. The number of H-pyrrole nitrogens is 1. The van der Waals surface area contributed by atoms with E-state index in [1.165, 1.54) is 0 Å². The standard InChI is InChI=1S/C13H14N2O2/c1-9-3-4-10(13(5-9)17-2)6-11-7-12(8-16)15-14-11/h3-5,7-8H,6H2,1-2H3,(H,14,15). The molecule has 0 atom stereocenters. The van der Waals surface area contributed by atoms with Crippen LogP contribution in [0, 0.1) is 6.92 Å². The first-order valence-corrected chi connectivity index (χ1v) is 5.36. The highest BCUT2D eigenvalue weighted by Gasteiger charge is 2.06. The quantitative estimate of drug-likeness (QED) is 0.818.